The Labute approximate surface area is 214 Å². The fourth-order valence-electron chi connectivity index (χ4n) is 4.46. The number of benzene rings is 2. The molecule has 0 spiro atoms. The number of likely N-dealkylation sites (tertiary alicyclic amines) is 1. The third-order valence-corrected chi connectivity index (χ3v) is 7.23. The Bertz CT molecular complexity index is 1210. The molecule has 3 amide bonds. The van der Waals surface area contributed by atoms with Gasteiger partial charge in [0.15, 0.2) is 0 Å². The van der Waals surface area contributed by atoms with Crippen molar-refractivity contribution >= 4 is 29.1 Å². The number of hydrogen-bond donors (Lipinski definition) is 3. The second-order valence-electron chi connectivity index (χ2n) is 9.02. The van der Waals surface area contributed by atoms with Crippen molar-refractivity contribution in [1.29, 1.82) is 0 Å². The number of carbonyl (C=O) groups is 3. The number of aliphatic hydroxyl groups excluding tert-OH is 1. The highest BCUT2D eigenvalue weighted by Gasteiger charge is 2.41. The fourth-order valence-corrected chi connectivity index (χ4v) is 5.27. The van der Waals surface area contributed by atoms with Gasteiger partial charge in [-0.3, -0.25) is 14.4 Å². The van der Waals surface area contributed by atoms with Crippen LogP contribution in [-0.4, -0.2) is 57.4 Å². The number of hydrogen-bond acceptors (Lipinski definition) is 6. The van der Waals surface area contributed by atoms with Crippen LogP contribution in [0.1, 0.15) is 30.2 Å². The van der Waals surface area contributed by atoms with Gasteiger partial charge in [0, 0.05) is 32.9 Å². The minimum Gasteiger partial charge on any atom is -0.391 e. The van der Waals surface area contributed by atoms with Gasteiger partial charge in [-0.2, -0.15) is 0 Å². The lowest BCUT2D eigenvalue weighted by Gasteiger charge is -2.28. The molecule has 1 aromatic heterocycles. The van der Waals surface area contributed by atoms with Crippen LogP contribution in [0.15, 0.2) is 60.1 Å². The van der Waals surface area contributed by atoms with E-state index in [4.69, 9.17) is 0 Å². The Kier molecular flexibility index (Phi) is 8.12. The molecule has 188 valence electrons. The summed E-state index contributed by atoms with van der Waals surface area (Å²) in [6.07, 6.45) is -0.355. The van der Waals surface area contributed by atoms with Gasteiger partial charge in [0.2, 0.25) is 17.7 Å². The van der Waals surface area contributed by atoms with Crippen LogP contribution in [0.4, 0.5) is 0 Å². The van der Waals surface area contributed by atoms with E-state index in [9.17, 15) is 19.5 Å². The van der Waals surface area contributed by atoms with E-state index in [1.54, 1.807) is 11.3 Å². The normalized spacial score (nSPS) is 18.0. The molecular formula is C27H30N4O4S. The average Bonchev–Trinajstić information content (AvgIpc) is 3.47. The van der Waals surface area contributed by atoms with Gasteiger partial charge < -0.3 is 20.6 Å². The van der Waals surface area contributed by atoms with Gasteiger partial charge >= 0.3 is 0 Å². The quantitative estimate of drug-likeness (QED) is 0.435. The first-order valence-electron chi connectivity index (χ1n) is 11.9. The van der Waals surface area contributed by atoms with E-state index in [1.165, 1.54) is 11.8 Å². The number of nitrogens with one attached hydrogen (secondary N) is 2. The molecule has 1 aliphatic heterocycles. The number of thiazole rings is 1. The second kappa shape index (κ2) is 11.5. The maximum Gasteiger partial charge on any atom is 0.246 e. The summed E-state index contributed by atoms with van der Waals surface area (Å²) in [5.41, 5.74) is 5.69. The first-order chi connectivity index (χ1) is 17.3. The van der Waals surface area contributed by atoms with E-state index in [0.29, 0.717) is 13.0 Å². The predicted molar refractivity (Wildman–Crippen MR) is 138 cm³/mol. The van der Waals surface area contributed by atoms with E-state index in [2.05, 4.69) is 15.6 Å². The van der Waals surface area contributed by atoms with E-state index in [0.717, 1.165) is 27.3 Å². The van der Waals surface area contributed by atoms with Crippen molar-refractivity contribution in [3.8, 4) is 10.4 Å². The van der Waals surface area contributed by atoms with Crippen LogP contribution in [0.25, 0.3) is 10.4 Å². The lowest BCUT2D eigenvalue weighted by atomic mass is 10.0. The lowest BCUT2D eigenvalue weighted by molar-refractivity contribution is -0.141. The van der Waals surface area contributed by atoms with Crippen molar-refractivity contribution in [2.24, 2.45) is 0 Å². The Balaban J connectivity index is 1.41. The highest BCUT2D eigenvalue weighted by molar-refractivity contribution is 7.13. The van der Waals surface area contributed by atoms with E-state index in [-0.39, 0.29) is 30.7 Å². The van der Waals surface area contributed by atoms with Crippen LogP contribution in [0.2, 0.25) is 0 Å². The summed E-state index contributed by atoms with van der Waals surface area (Å²) in [7, 11) is 0. The summed E-state index contributed by atoms with van der Waals surface area (Å²) in [4.78, 5) is 45.1. The molecule has 0 unspecified atom stereocenters. The Morgan fingerprint density at radius 3 is 2.47 bits per heavy atom. The van der Waals surface area contributed by atoms with Crippen LogP contribution < -0.4 is 10.6 Å². The maximum absolute atomic E-state index is 13.4. The fraction of sp³-hybridized carbons (Fsp3) is 0.333. The van der Waals surface area contributed by atoms with Gasteiger partial charge in [0.05, 0.1) is 22.2 Å². The number of carbonyl (C=O) groups excluding carboxylic acids is 3. The highest BCUT2D eigenvalue weighted by atomic mass is 32.1. The van der Waals surface area contributed by atoms with Crippen molar-refractivity contribution in [1.82, 2.24) is 20.5 Å². The molecule has 3 atom stereocenters. The Morgan fingerprint density at radius 1 is 1.11 bits per heavy atom. The van der Waals surface area contributed by atoms with Crippen LogP contribution >= 0.6 is 11.3 Å². The second-order valence-corrected chi connectivity index (χ2v) is 9.88. The molecule has 9 heteroatoms. The number of amides is 3. The molecule has 1 fully saturated rings. The van der Waals surface area contributed by atoms with Crippen LogP contribution in [-0.2, 0) is 27.3 Å². The molecule has 0 radical (unpaired) electrons. The van der Waals surface area contributed by atoms with Crippen LogP contribution in [0.3, 0.4) is 0 Å². The molecule has 8 nitrogen and oxygen atoms in total. The standard InChI is InChI=1S/C27H30N4O4S/c1-17-25(36-16-29-17)21-10-8-20(9-11-21)14-28-26(34)24-13-22(33)15-31(24)27(35)23(30-18(2)32)12-19-6-4-3-5-7-19/h3-11,16,22-24,33H,12-15H2,1-2H3,(H,28,34)(H,30,32)/t22-,23+,24+/m1/s1. The molecule has 0 aliphatic carbocycles. The molecule has 2 aromatic carbocycles. The zero-order valence-corrected chi connectivity index (χ0v) is 21.1. The minimum atomic E-state index is -0.826. The first kappa shape index (κ1) is 25.5. The molecule has 36 heavy (non-hydrogen) atoms. The molecule has 2 heterocycles. The predicted octanol–water partition coefficient (Wildman–Crippen LogP) is 2.44. The number of aromatic nitrogens is 1. The SMILES string of the molecule is CC(=O)N[C@@H](Cc1ccccc1)C(=O)N1C[C@H](O)C[C@H]1C(=O)NCc1ccc(-c2scnc2C)cc1. The van der Waals surface area contributed by atoms with Crippen molar-refractivity contribution in [2.75, 3.05) is 6.54 Å². The molecule has 3 aromatic rings. The Morgan fingerprint density at radius 2 is 1.83 bits per heavy atom. The third-order valence-electron chi connectivity index (χ3n) is 6.25. The van der Waals surface area contributed by atoms with Gasteiger partial charge in [-0.25, -0.2) is 4.98 Å². The molecule has 4 rings (SSSR count). The molecular weight excluding hydrogens is 476 g/mol. The topological polar surface area (TPSA) is 112 Å². The highest BCUT2D eigenvalue weighted by Crippen LogP contribution is 2.27. The monoisotopic (exact) mass is 506 g/mol. The number of aliphatic hydroxyl groups is 1. The van der Waals surface area contributed by atoms with Crippen LogP contribution in [0, 0.1) is 6.92 Å². The molecule has 0 bridgehead atoms. The summed E-state index contributed by atoms with van der Waals surface area (Å²) < 4.78 is 0. The van der Waals surface area contributed by atoms with Gasteiger partial charge in [0.25, 0.3) is 0 Å². The molecule has 1 saturated heterocycles. The Hall–Kier alpha value is -3.56. The summed E-state index contributed by atoms with van der Waals surface area (Å²) in [6, 6.07) is 15.6. The van der Waals surface area contributed by atoms with E-state index in [1.807, 2.05) is 67.0 Å². The minimum absolute atomic E-state index is 0.0463. The van der Waals surface area contributed by atoms with Crippen LogP contribution in [0.5, 0.6) is 0 Å². The van der Waals surface area contributed by atoms with Gasteiger partial charge in [-0.1, -0.05) is 54.6 Å². The summed E-state index contributed by atoms with van der Waals surface area (Å²) >= 11 is 1.58. The van der Waals surface area contributed by atoms with Crippen molar-refractivity contribution in [3.63, 3.8) is 0 Å². The maximum atomic E-state index is 13.4. The first-order valence-corrected chi connectivity index (χ1v) is 12.8. The zero-order chi connectivity index (χ0) is 25.7. The zero-order valence-electron chi connectivity index (χ0n) is 20.3. The summed E-state index contributed by atoms with van der Waals surface area (Å²) in [6.45, 7) is 3.68. The summed E-state index contributed by atoms with van der Waals surface area (Å²) in [5, 5.41) is 15.9. The molecule has 0 saturated carbocycles. The lowest BCUT2D eigenvalue weighted by Crippen LogP contribution is -2.54. The van der Waals surface area contributed by atoms with E-state index >= 15 is 0 Å². The number of β-amino-alcohol motifs (C(OH)–C–C–N with tert-alkyl or cyclic N) is 1. The van der Waals surface area contributed by atoms with Gasteiger partial charge in [0.1, 0.15) is 12.1 Å². The third kappa shape index (κ3) is 6.16. The van der Waals surface area contributed by atoms with Crippen molar-refractivity contribution in [3.05, 3.63) is 76.9 Å². The van der Waals surface area contributed by atoms with E-state index < -0.39 is 18.2 Å². The average molecular weight is 507 g/mol. The largest absolute Gasteiger partial charge is 0.391 e. The molecule has 3 N–H and O–H groups in total. The number of rotatable bonds is 8. The molecule has 1 aliphatic rings. The van der Waals surface area contributed by atoms with Crippen molar-refractivity contribution < 1.29 is 19.5 Å². The number of nitrogens with zero attached hydrogens (tertiary/aromatic N) is 2. The van der Waals surface area contributed by atoms with Gasteiger partial charge in [-0.15, -0.1) is 11.3 Å². The van der Waals surface area contributed by atoms with Crippen molar-refractivity contribution in [2.45, 2.75) is 51.4 Å². The smallest absolute Gasteiger partial charge is 0.246 e. The summed E-state index contributed by atoms with van der Waals surface area (Å²) in [5.74, 6) is -1.04. The van der Waals surface area contributed by atoms with Gasteiger partial charge in [-0.05, 0) is 23.6 Å². The number of aryl methyl sites for hydroxylation is 1.